The second-order valence-electron chi connectivity index (χ2n) is 4.48. The molecule has 0 bridgehead atoms. The van der Waals surface area contributed by atoms with Crippen molar-refractivity contribution in [3.8, 4) is 0 Å². The first-order valence-electron chi connectivity index (χ1n) is 5.80. The number of imidazole rings is 1. The highest BCUT2D eigenvalue weighted by Crippen LogP contribution is 2.55. The molecule has 96 valence electrons. The molecule has 0 radical (unpaired) electrons. The van der Waals surface area contributed by atoms with Crippen LogP contribution in [0.4, 0.5) is 13.2 Å². The fourth-order valence-corrected chi connectivity index (χ4v) is 1.89. The molecule has 17 heavy (non-hydrogen) atoms. The van der Waals surface area contributed by atoms with Gasteiger partial charge in [0.25, 0.3) is 0 Å². The number of hydrogen-bond acceptors (Lipinski definition) is 2. The van der Waals surface area contributed by atoms with E-state index >= 15 is 0 Å². The van der Waals surface area contributed by atoms with Crippen LogP contribution in [0.5, 0.6) is 0 Å². The van der Waals surface area contributed by atoms with E-state index in [2.05, 4.69) is 10.3 Å². The molecule has 1 fully saturated rings. The maximum absolute atomic E-state index is 12.8. The van der Waals surface area contributed by atoms with Gasteiger partial charge in [0, 0.05) is 12.7 Å². The summed E-state index contributed by atoms with van der Waals surface area (Å²) in [5.41, 5.74) is -1.02. The van der Waals surface area contributed by atoms with Crippen molar-refractivity contribution in [1.82, 2.24) is 14.9 Å². The number of alkyl halides is 3. The molecule has 0 saturated heterocycles. The minimum Gasteiger partial charge on any atom is -0.322 e. The Morgan fingerprint density at radius 2 is 2.18 bits per heavy atom. The minimum absolute atomic E-state index is 0.161. The van der Waals surface area contributed by atoms with Crippen molar-refractivity contribution < 1.29 is 13.2 Å². The first-order valence-corrected chi connectivity index (χ1v) is 5.80. The zero-order valence-corrected chi connectivity index (χ0v) is 9.72. The minimum atomic E-state index is -4.18. The third-order valence-corrected chi connectivity index (χ3v) is 3.11. The summed E-state index contributed by atoms with van der Waals surface area (Å²) in [7, 11) is 0. The van der Waals surface area contributed by atoms with Crippen LogP contribution in [-0.4, -0.2) is 22.3 Å². The highest BCUT2D eigenvalue weighted by atomic mass is 19.4. The molecule has 0 aliphatic heterocycles. The maximum atomic E-state index is 12.8. The Labute approximate surface area is 98.0 Å². The number of nitrogens with one attached hydrogen (secondary N) is 1. The molecule has 0 atom stereocenters. The first-order chi connectivity index (χ1) is 7.99. The van der Waals surface area contributed by atoms with E-state index in [-0.39, 0.29) is 12.8 Å². The van der Waals surface area contributed by atoms with Gasteiger partial charge in [0.1, 0.15) is 5.54 Å². The van der Waals surface area contributed by atoms with E-state index in [0.717, 1.165) is 13.0 Å². The van der Waals surface area contributed by atoms with Crippen molar-refractivity contribution in [2.75, 3.05) is 6.54 Å². The van der Waals surface area contributed by atoms with Crippen LogP contribution in [0.15, 0.2) is 12.5 Å². The number of halogens is 3. The molecule has 6 heteroatoms. The van der Waals surface area contributed by atoms with Gasteiger partial charge in [-0.05, 0) is 25.8 Å². The molecule has 0 unspecified atom stereocenters. The second kappa shape index (κ2) is 4.33. The molecule has 1 aromatic heterocycles. The third-order valence-electron chi connectivity index (χ3n) is 3.11. The molecular formula is C11H16F3N3. The quantitative estimate of drug-likeness (QED) is 0.810. The number of nitrogens with zero attached hydrogens (tertiary/aromatic N) is 2. The molecule has 2 rings (SSSR count). The Hall–Kier alpha value is -1.04. The lowest BCUT2D eigenvalue weighted by atomic mass is 10.2. The second-order valence-corrected chi connectivity index (χ2v) is 4.48. The van der Waals surface area contributed by atoms with Gasteiger partial charge in [0.2, 0.25) is 0 Å². The largest absolute Gasteiger partial charge is 0.411 e. The molecule has 1 aliphatic rings. The zero-order chi connectivity index (χ0) is 12.5. The number of rotatable bonds is 5. The predicted octanol–water partition coefficient (Wildman–Crippen LogP) is 2.43. The molecule has 0 amide bonds. The van der Waals surface area contributed by atoms with Gasteiger partial charge < -0.3 is 9.88 Å². The van der Waals surface area contributed by atoms with Gasteiger partial charge >= 0.3 is 6.18 Å². The smallest absolute Gasteiger partial charge is 0.322 e. The fourth-order valence-electron chi connectivity index (χ4n) is 1.89. The van der Waals surface area contributed by atoms with Gasteiger partial charge in [-0.2, -0.15) is 13.2 Å². The maximum Gasteiger partial charge on any atom is 0.411 e. The average Bonchev–Trinajstić information content (AvgIpc) is 2.94. The van der Waals surface area contributed by atoms with Crippen molar-refractivity contribution in [2.24, 2.45) is 0 Å². The highest BCUT2D eigenvalue weighted by molar-refractivity contribution is 5.10. The normalized spacial score (nSPS) is 18.4. The first kappa shape index (κ1) is 12.4. The Bertz CT molecular complexity index is 380. The number of aromatic nitrogens is 2. The summed E-state index contributed by atoms with van der Waals surface area (Å²) in [6.45, 7) is 3.40. The van der Waals surface area contributed by atoms with E-state index in [9.17, 15) is 13.2 Å². The van der Waals surface area contributed by atoms with Crippen LogP contribution in [-0.2, 0) is 12.1 Å². The van der Waals surface area contributed by atoms with Gasteiger partial charge in [-0.3, -0.25) is 0 Å². The molecule has 1 N–H and O–H groups in total. The van der Waals surface area contributed by atoms with Crippen LogP contribution in [0.2, 0.25) is 0 Å². The molecule has 1 aromatic rings. The van der Waals surface area contributed by atoms with E-state index in [1.165, 1.54) is 17.1 Å². The molecule has 1 saturated carbocycles. The van der Waals surface area contributed by atoms with Gasteiger partial charge in [0.15, 0.2) is 0 Å². The van der Waals surface area contributed by atoms with Gasteiger partial charge in [0.05, 0.1) is 12.0 Å². The Kier molecular flexibility index (Phi) is 3.16. The third kappa shape index (κ3) is 2.31. The van der Waals surface area contributed by atoms with Crippen LogP contribution in [0.3, 0.4) is 0 Å². The van der Waals surface area contributed by atoms with Crippen molar-refractivity contribution in [3.05, 3.63) is 18.2 Å². The van der Waals surface area contributed by atoms with E-state index in [1.54, 1.807) is 0 Å². The van der Waals surface area contributed by atoms with Crippen LogP contribution < -0.4 is 5.32 Å². The van der Waals surface area contributed by atoms with Crippen molar-refractivity contribution >= 4 is 0 Å². The lowest BCUT2D eigenvalue weighted by Crippen LogP contribution is -2.33. The molecule has 3 nitrogen and oxygen atoms in total. The van der Waals surface area contributed by atoms with E-state index < -0.39 is 11.7 Å². The number of hydrogen-bond donors (Lipinski definition) is 1. The highest BCUT2D eigenvalue weighted by Gasteiger charge is 2.64. The van der Waals surface area contributed by atoms with Crippen LogP contribution >= 0.6 is 0 Å². The molecule has 0 aromatic carbocycles. The van der Waals surface area contributed by atoms with Gasteiger partial charge in [-0.15, -0.1) is 0 Å². The molecule has 0 spiro atoms. The summed E-state index contributed by atoms with van der Waals surface area (Å²) in [5, 5.41) is 3.12. The Morgan fingerprint density at radius 3 is 2.71 bits per heavy atom. The lowest BCUT2D eigenvalue weighted by molar-refractivity contribution is -0.179. The molecule has 1 aliphatic carbocycles. The zero-order valence-electron chi connectivity index (χ0n) is 9.72. The Morgan fingerprint density at radius 1 is 1.47 bits per heavy atom. The predicted molar refractivity (Wildman–Crippen MR) is 57.5 cm³/mol. The van der Waals surface area contributed by atoms with Crippen molar-refractivity contribution in [1.29, 1.82) is 0 Å². The molecule has 1 heterocycles. The van der Waals surface area contributed by atoms with Crippen LogP contribution in [0.25, 0.3) is 0 Å². The van der Waals surface area contributed by atoms with E-state index in [1.807, 2.05) is 6.92 Å². The topological polar surface area (TPSA) is 29.9 Å². The lowest BCUT2D eigenvalue weighted by Gasteiger charge is -2.20. The summed E-state index contributed by atoms with van der Waals surface area (Å²) in [6, 6.07) is 0. The van der Waals surface area contributed by atoms with Crippen LogP contribution in [0.1, 0.15) is 31.9 Å². The van der Waals surface area contributed by atoms with E-state index in [4.69, 9.17) is 0 Å². The Balaban J connectivity index is 2.04. The van der Waals surface area contributed by atoms with Crippen molar-refractivity contribution in [3.63, 3.8) is 0 Å². The monoisotopic (exact) mass is 247 g/mol. The summed E-state index contributed by atoms with van der Waals surface area (Å²) in [5.74, 6) is 0. The summed E-state index contributed by atoms with van der Waals surface area (Å²) < 4.78 is 39.7. The SMILES string of the molecule is CCCNCc1cn(C2(C(F)(F)F)CC2)cn1. The standard InChI is InChI=1S/C11H16F3N3/c1-2-5-15-6-9-7-17(8-16-9)10(3-4-10)11(12,13)14/h7-8,15H,2-6H2,1H3. The van der Waals surface area contributed by atoms with E-state index in [0.29, 0.717) is 12.2 Å². The summed E-state index contributed by atoms with van der Waals surface area (Å²) in [4.78, 5) is 4.01. The average molecular weight is 247 g/mol. The summed E-state index contributed by atoms with van der Waals surface area (Å²) in [6.07, 6.45) is -0.0645. The van der Waals surface area contributed by atoms with Gasteiger partial charge in [-0.25, -0.2) is 4.98 Å². The van der Waals surface area contributed by atoms with Gasteiger partial charge in [-0.1, -0.05) is 6.92 Å². The summed E-state index contributed by atoms with van der Waals surface area (Å²) >= 11 is 0. The van der Waals surface area contributed by atoms with Crippen LogP contribution in [0, 0.1) is 0 Å². The molecular weight excluding hydrogens is 231 g/mol. The fraction of sp³-hybridized carbons (Fsp3) is 0.727. The van der Waals surface area contributed by atoms with Crippen molar-refractivity contribution in [2.45, 2.75) is 44.4 Å².